The van der Waals surface area contributed by atoms with Crippen LogP contribution in [0.15, 0.2) is 18.2 Å². The number of rotatable bonds is 7. The van der Waals surface area contributed by atoms with E-state index in [2.05, 4.69) is 4.98 Å². The number of carboxylic acid groups (broad SMARTS) is 1. The molecule has 0 fully saturated rings. The minimum absolute atomic E-state index is 0.220. The highest BCUT2D eigenvalue weighted by molar-refractivity contribution is 6.01. The topological polar surface area (TPSA) is 98.2 Å². The average molecular weight is 289 g/mol. The van der Waals surface area contributed by atoms with Crippen molar-refractivity contribution in [1.29, 1.82) is 0 Å². The number of hydrogen-bond donors (Lipinski definition) is 2. The van der Waals surface area contributed by atoms with E-state index in [1.807, 2.05) is 17.6 Å². The lowest BCUT2D eigenvalue weighted by Crippen LogP contribution is -2.10. The molecule has 6 heteroatoms. The SMILES string of the molecule is CCc1nc2c(C(=O)O)cccc2n1CCCCC(N)=O. The summed E-state index contributed by atoms with van der Waals surface area (Å²) in [6.45, 7) is 2.69. The first kappa shape index (κ1) is 15.0. The second-order valence-electron chi connectivity index (χ2n) is 4.94. The average Bonchev–Trinajstić information content (AvgIpc) is 2.80. The lowest BCUT2D eigenvalue weighted by Gasteiger charge is -2.07. The van der Waals surface area contributed by atoms with Gasteiger partial charge in [0.25, 0.3) is 0 Å². The van der Waals surface area contributed by atoms with Gasteiger partial charge in [0.15, 0.2) is 0 Å². The van der Waals surface area contributed by atoms with Gasteiger partial charge in [-0.2, -0.15) is 0 Å². The number of aryl methyl sites for hydroxylation is 2. The molecule has 1 heterocycles. The highest BCUT2D eigenvalue weighted by Crippen LogP contribution is 2.21. The van der Waals surface area contributed by atoms with E-state index >= 15 is 0 Å². The van der Waals surface area contributed by atoms with Gasteiger partial charge in [0, 0.05) is 19.4 Å². The molecule has 2 rings (SSSR count). The summed E-state index contributed by atoms with van der Waals surface area (Å²) in [4.78, 5) is 26.5. The molecule has 1 amide bonds. The van der Waals surface area contributed by atoms with Gasteiger partial charge in [-0.1, -0.05) is 13.0 Å². The Morgan fingerprint density at radius 1 is 1.33 bits per heavy atom. The number of aromatic nitrogens is 2. The molecule has 0 aliphatic heterocycles. The number of nitrogens with two attached hydrogens (primary N) is 1. The van der Waals surface area contributed by atoms with Crippen molar-refractivity contribution in [2.24, 2.45) is 5.73 Å². The van der Waals surface area contributed by atoms with Gasteiger partial charge in [0.05, 0.1) is 11.1 Å². The Balaban J connectivity index is 2.31. The summed E-state index contributed by atoms with van der Waals surface area (Å²) < 4.78 is 2.03. The van der Waals surface area contributed by atoms with Crippen LogP contribution < -0.4 is 5.73 Å². The first-order valence-electron chi connectivity index (χ1n) is 7.04. The predicted octanol–water partition coefficient (Wildman–Crippen LogP) is 1.95. The second kappa shape index (κ2) is 6.39. The van der Waals surface area contributed by atoms with Crippen LogP contribution in [-0.2, 0) is 17.8 Å². The van der Waals surface area contributed by atoms with Crippen LogP contribution in [-0.4, -0.2) is 26.5 Å². The summed E-state index contributed by atoms with van der Waals surface area (Å²) in [5.74, 6) is -0.409. The number of carboxylic acids is 1. The van der Waals surface area contributed by atoms with Crippen molar-refractivity contribution >= 4 is 22.9 Å². The summed E-state index contributed by atoms with van der Waals surface area (Å²) in [6, 6.07) is 5.17. The molecular weight excluding hydrogens is 270 g/mol. The number of para-hydroxylation sites is 1. The molecule has 0 saturated heterocycles. The highest BCUT2D eigenvalue weighted by atomic mass is 16.4. The van der Waals surface area contributed by atoms with Crippen LogP contribution in [0.25, 0.3) is 11.0 Å². The number of aromatic carboxylic acids is 1. The summed E-state index contributed by atoms with van der Waals surface area (Å²) in [5.41, 5.74) is 6.70. The van der Waals surface area contributed by atoms with E-state index in [1.165, 1.54) is 0 Å². The third kappa shape index (κ3) is 3.21. The number of amides is 1. The fourth-order valence-corrected chi connectivity index (χ4v) is 2.46. The Labute approximate surface area is 122 Å². The van der Waals surface area contributed by atoms with E-state index in [-0.39, 0.29) is 11.5 Å². The molecule has 0 atom stereocenters. The zero-order chi connectivity index (χ0) is 15.4. The minimum Gasteiger partial charge on any atom is -0.478 e. The largest absolute Gasteiger partial charge is 0.478 e. The molecule has 0 aliphatic carbocycles. The van der Waals surface area contributed by atoms with Crippen LogP contribution in [0.4, 0.5) is 0 Å². The van der Waals surface area contributed by atoms with Gasteiger partial charge in [0.2, 0.25) is 5.91 Å². The number of fused-ring (bicyclic) bond motifs is 1. The molecule has 0 radical (unpaired) electrons. The van der Waals surface area contributed by atoms with Crippen molar-refractivity contribution in [3.8, 4) is 0 Å². The maximum absolute atomic E-state index is 11.3. The van der Waals surface area contributed by atoms with E-state index in [4.69, 9.17) is 5.73 Å². The summed E-state index contributed by atoms with van der Waals surface area (Å²) in [5, 5.41) is 9.23. The molecule has 6 nitrogen and oxygen atoms in total. The molecular formula is C15H19N3O3. The molecule has 2 aromatic rings. The number of primary amides is 1. The summed E-state index contributed by atoms with van der Waals surface area (Å²) in [7, 11) is 0. The Morgan fingerprint density at radius 2 is 2.10 bits per heavy atom. The lowest BCUT2D eigenvalue weighted by molar-refractivity contribution is -0.118. The number of hydrogen-bond acceptors (Lipinski definition) is 3. The monoisotopic (exact) mass is 289 g/mol. The van der Waals surface area contributed by atoms with Crippen LogP contribution in [0.5, 0.6) is 0 Å². The number of imidazole rings is 1. The first-order chi connectivity index (χ1) is 10.0. The molecule has 0 spiro atoms. The molecule has 1 aromatic heterocycles. The number of carbonyl (C=O) groups is 2. The van der Waals surface area contributed by atoms with Crippen LogP contribution in [0.3, 0.4) is 0 Å². The second-order valence-corrected chi connectivity index (χ2v) is 4.94. The molecule has 0 aliphatic rings. The molecule has 112 valence electrons. The Morgan fingerprint density at radius 3 is 2.71 bits per heavy atom. The van der Waals surface area contributed by atoms with Crippen molar-refractivity contribution in [2.75, 3.05) is 0 Å². The van der Waals surface area contributed by atoms with Crippen molar-refractivity contribution < 1.29 is 14.7 Å². The zero-order valence-corrected chi connectivity index (χ0v) is 12.0. The number of nitrogens with zero attached hydrogens (tertiary/aromatic N) is 2. The van der Waals surface area contributed by atoms with E-state index in [9.17, 15) is 14.7 Å². The molecule has 0 saturated carbocycles. The van der Waals surface area contributed by atoms with Gasteiger partial charge in [-0.25, -0.2) is 9.78 Å². The van der Waals surface area contributed by atoms with Crippen molar-refractivity contribution in [1.82, 2.24) is 9.55 Å². The maximum atomic E-state index is 11.3. The van der Waals surface area contributed by atoms with Crippen LogP contribution in [0.2, 0.25) is 0 Å². The quantitative estimate of drug-likeness (QED) is 0.761. The maximum Gasteiger partial charge on any atom is 0.337 e. The lowest BCUT2D eigenvalue weighted by atomic mass is 10.2. The normalized spacial score (nSPS) is 10.9. The molecule has 1 aromatic carbocycles. The van der Waals surface area contributed by atoms with Crippen LogP contribution in [0, 0.1) is 0 Å². The van der Waals surface area contributed by atoms with E-state index in [0.717, 1.165) is 30.6 Å². The molecule has 3 N–H and O–H groups in total. The van der Waals surface area contributed by atoms with Gasteiger partial charge in [-0.15, -0.1) is 0 Å². The molecule has 21 heavy (non-hydrogen) atoms. The number of unbranched alkanes of at least 4 members (excludes halogenated alkanes) is 1. The first-order valence-corrected chi connectivity index (χ1v) is 7.04. The predicted molar refractivity (Wildman–Crippen MR) is 79.1 cm³/mol. The fraction of sp³-hybridized carbons (Fsp3) is 0.400. The van der Waals surface area contributed by atoms with Gasteiger partial charge >= 0.3 is 5.97 Å². The Bertz CT molecular complexity index is 676. The molecule has 0 bridgehead atoms. The Hall–Kier alpha value is -2.37. The van der Waals surface area contributed by atoms with Gasteiger partial charge in [-0.3, -0.25) is 4.79 Å². The fourth-order valence-electron chi connectivity index (χ4n) is 2.46. The summed E-state index contributed by atoms with van der Waals surface area (Å²) in [6.07, 6.45) is 2.62. The molecule has 0 unspecified atom stereocenters. The Kier molecular flexibility index (Phi) is 4.57. The number of benzene rings is 1. The number of carbonyl (C=O) groups excluding carboxylic acids is 1. The van der Waals surface area contributed by atoms with Crippen LogP contribution >= 0.6 is 0 Å². The highest BCUT2D eigenvalue weighted by Gasteiger charge is 2.15. The van der Waals surface area contributed by atoms with Gasteiger partial charge < -0.3 is 15.4 Å². The summed E-state index contributed by atoms with van der Waals surface area (Å²) >= 11 is 0. The van der Waals surface area contributed by atoms with Crippen molar-refractivity contribution in [2.45, 2.75) is 39.2 Å². The van der Waals surface area contributed by atoms with Crippen LogP contribution in [0.1, 0.15) is 42.4 Å². The third-order valence-electron chi connectivity index (χ3n) is 3.46. The van der Waals surface area contributed by atoms with Gasteiger partial charge in [-0.05, 0) is 25.0 Å². The van der Waals surface area contributed by atoms with E-state index in [0.29, 0.717) is 18.5 Å². The van der Waals surface area contributed by atoms with Gasteiger partial charge in [0.1, 0.15) is 11.3 Å². The smallest absolute Gasteiger partial charge is 0.337 e. The third-order valence-corrected chi connectivity index (χ3v) is 3.46. The van der Waals surface area contributed by atoms with E-state index in [1.54, 1.807) is 12.1 Å². The van der Waals surface area contributed by atoms with Crippen molar-refractivity contribution in [3.05, 3.63) is 29.6 Å². The van der Waals surface area contributed by atoms with Crippen molar-refractivity contribution in [3.63, 3.8) is 0 Å². The van der Waals surface area contributed by atoms with E-state index < -0.39 is 5.97 Å². The minimum atomic E-state index is -0.971. The standard InChI is InChI=1S/C15H19N3O3/c1-2-13-17-14-10(15(20)21)6-5-7-11(14)18(13)9-4-3-8-12(16)19/h5-7H,2-4,8-9H2,1H3,(H2,16,19)(H,20,21). The zero-order valence-electron chi connectivity index (χ0n) is 12.0.